The van der Waals surface area contributed by atoms with E-state index in [1.54, 1.807) is 7.11 Å². The molecule has 0 aliphatic heterocycles. The number of anilines is 1. The van der Waals surface area contributed by atoms with E-state index in [9.17, 15) is 0 Å². The van der Waals surface area contributed by atoms with E-state index in [1.807, 2.05) is 23.9 Å². The molecule has 0 radical (unpaired) electrons. The predicted octanol–water partition coefficient (Wildman–Crippen LogP) is 3.47. The van der Waals surface area contributed by atoms with Crippen LogP contribution >= 0.6 is 11.8 Å². The number of methoxy groups -OCH3 is 1. The van der Waals surface area contributed by atoms with Crippen LogP contribution in [0.5, 0.6) is 5.75 Å². The van der Waals surface area contributed by atoms with Crippen LogP contribution in [-0.4, -0.2) is 28.2 Å². The van der Waals surface area contributed by atoms with E-state index in [4.69, 9.17) is 10.5 Å². The number of nitrogen functional groups attached to an aromatic ring is 1. The molecule has 0 bridgehead atoms. The molecule has 20 heavy (non-hydrogen) atoms. The lowest BCUT2D eigenvalue weighted by Gasteiger charge is -2.29. The quantitative estimate of drug-likeness (QED) is 0.940. The number of nitrogens with two attached hydrogens (primary N) is 1. The van der Waals surface area contributed by atoms with E-state index in [0.717, 1.165) is 22.0 Å². The highest BCUT2D eigenvalue weighted by molar-refractivity contribution is 7.99. The molecule has 1 saturated carbocycles. The van der Waals surface area contributed by atoms with Gasteiger partial charge in [-0.3, -0.25) is 0 Å². The molecule has 1 aromatic carbocycles. The van der Waals surface area contributed by atoms with Crippen LogP contribution < -0.4 is 10.5 Å². The van der Waals surface area contributed by atoms with Crippen LogP contribution in [0.2, 0.25) is 0 Å². The Balaban J connectivity index is 2.05. The summed E-state index contributed by atoms with van der Waals surface area (Å²) in [7, 11) is 1.67. The zero-order chi connectivity index (χ0) is 14.1. The Morgan fingerprint density at radius 2 is 2.25 bits per heavy atom. The van der Waals surface area contributed by atoms with Gasteiger partial charge in [0.15, 0.2) is 0 Å². The number of ether oxygens (including phenoxy) is 1. The van der Waals surface area contributed by atoms with Gasteiger partial charge in [-0.05, 0) is 37.7 Å². The summed E-state index contributed by atoms with van der Waals surface area (Å²) in [5.74, 6) is 1.40. The number of nitrogens with zero attached hydrogens (tertiary/aromatic N) is 2. The molecule has 4 nitrogen and oxygen atoms in total. The van der Waals surface area contributed by atoms with Gasteiger partial charge in [-0.25, -0.2) is 4.98 Å². The van der Waals surface area contributed by atoms with Gasteiger partial charge in [0.25, 0.3) is 0 Å². The molecule has 0 saturated heterocycles. The summed E-state index contributed by atoms with van der Waals surface area (Å²) in [4.78, 5) is 4.52. The van der Waals surface area contributed by atoms with E-state index in [0.29, 0.717) is 12.0 Å². The minimum absolute atomic E-state index is 0.457. The molecule has 108 valence electrons. The zero-order valence-corrected chi connectivity index (χ0v) is 12.8. The number of thioether (sulfide) groups is 1. The van der Waals surface area contributed by atoms with Crippen molar-refractivity contribution < 1.29 is 4.74 Å². The molecule has 2 N–H and O–H groups in total. The van der Waals surface area contributed by atoms with Crippen LogP contribution in [0.25, 0.3) is 11.0 Å². The van der Waals surface area contributed by atoms with Crippen molar-refractivity contribution in [3.8, 4) is 5.75 Å². The second kappa shape index (κ2) is 5.56. The van der Waals surface area contributed by atoms with E-state index in [1.165, 1.54) is 25.7 Å². The first-order chi connectivity index (χ1) is 9.74. The third-order valence-corrected chi connectivity index (χ3v) is 5.32. The highest BCUT2D eigenvalue weighted by Crippen LogP contribution is 2.38. The molecule has 1 aromatic heterocycles. The molecule has 2 atom stereocenters. The lowest BCUT2D eigenvalue weighted by molar-refractivity contribution is 0.371. The summed E-state index contributed by atoms with van der Waals surface area (Å²) in [5, 5.41) is 0.733. The minimum Gasteiger partial charge on any atom is -0.494 e. The van der Waals surface area contributed by atoms with Crippen molar-refractivity contribution in [3.63, 3.8) is 0 Å². The first kappa shape index (κ1) is 13.6. The Morgan fingerprint density at radius 1 is 1.40 bits per heavy atom. The number of hydrogen-bond donors (Lipinski definition) is 1. The second-order valence-electron chi connectivity index (χ2n) is 5.35. The Morgan fingerprint density at radius 3 is 3.00 bits per heavy atom. The Labute approximate surface area is 123 Å². The van der Waals surface area contributed by atoms with E-state index in [-0.39, 0.29) is 0 Å². The number of imidazole rings is 1. The van der Waals surface area contributed by atoms with Gasteiger partial charge in [0.2, 0.25) is 5.95 Å². The molecule has 0 amide bonds. The Bertz CT molecular complexity index is 610. The summed E-state index contributed by atoms with van der Waals surface area (Å²) in [5.41, 5.74) is 8.15. The molecule has 2 aromatic rings. The number of aromatic nitrogens is 2. The lowest BCUT2D eigenvalue weighted by atomic mass is 9.94. The Hall–Kier alpha value is -1.36. The lowest BCUT2D eigenvalue weighted by Crippen LogP contribution is -2.21. The molecule has 2 unspecified atom stereocenters. The maximum absolute atomic E-state index is 6.18. The summed E-state index contributed by atoms with van der Waals surface area (Å²) in [6.45, 7) is 0. The summed E-state index contributed by atoms with van der Waals surface area (Å²) >= 11 is 1.97. The van der Waals surface area contributed by atoms with Crippen LogP contribution in [0.3, 0.4) is 0 Å². The first-order valence-corrected chi connectivity index (χ1v) is 8.36. The third kappa shape index (κ3) is 2.24. The number of hydrogen-bond acceptors (Lipinski definition) is 4. The molecule has 1 fully saturated rings. The monoisotopic (exact) mass is 291 g/mol. The summed E-state index contributed by atoms with van der Waals surface area (Å²) in [6.07, 6.45) is 7.14. The van der Waals surface area contributed by atoms with Gasteiger partial charge < -0.3 is 15.0 Å². The fraction of sp³-hybridized carbons (Fsp3) is 0.533. The fourth-order valence-electron chi connectivity index (χ4n) is 3.23. The molecular weight excluding hydrogens is 270 g/mol. The van der Waals surface area contributed by atoms with Gasteiger partial charge in [0, 0.05) is 11.3 Å². The average molecular weight is 291 g/mol. The van der Waals surface area contributed by atoms with Crippen molar-refractivity contribution in [2.75, 3.05) is 19.1 Å². The standard InChI is InChI=1S/C15H21N3OS/c1-19-13-8-4-7-12-14(13)17-15(16)18(12)10-5-3-6-11(9-10)20-2/h4,7-8,10-11H,3,5-6,9H2,1-2H3,(H2,16,17). The van der Waals surface area contributed by atoms with E-state index >= 15 is 0 Å². The highest BCUT2D eigenvalue weighted by Gasteiger charge is 2.26. The maximum Gasteiger partial charge on any atom is 0.201 e. The molecule has 1 aliphatic carbocycles. The number of para-hydroxylation sites is 1. The third-order valence-electron chi connectivity index (χ3n) is 4.23. The molecule has 0 spiro atoms. The first-order valence-electron chi connectivity index (χ1n) is 7.07. The summed E-state index contributed by atoms with van der Waals surface area (Å²) < 4.78 is 7.60. The topological polar surface area (TPSA) is 53.1 Å². The van der Waals surface area contributed by atoms with Crippen molar-refractivity contribution in [2.45, 2.75) is 37.0 Å². The van der Waals surface area contributed by atoms with Gasteiger partial charge in [-0.2, -0.15) is 11.8 Å². The number of fused-ring (bicyclic) bond motifs is 1. The number of benzene rings is 1. The normalized spacial score (nSPS) is 23.1. The largest absolute Gasteiger partial charge is 0.494 e. The summed E-state index contributed by atoms with van der Waals surface area (Å²) in [6, 6.07) is 6.49. The van der Waals surface area contributed by atoms with Gasteiger partial charge in [0.05, 0.1) is 12.6 Å². The second-order valence-corrected chi connectivity index (χ2v) is 6.48. The zero-order valence-electron chi connectivity index (χ0n) is 12.0. The molecule has 3 rings (SSSR count). The van der Waals surface area contributed by atoms with Crippen molar-refractivity contribution >= 4 is 28.7 Å². The van der Waals surface area contributed by atoms with Crippen LogP contribution in [0.1, 0.15) is 31.7 Å². The maximum atomic E-state index is 6.18. The van der Waals surface area contributed by atoms with Crippen molar-refractivity contribution in [3.05, 3.63) is 18.2 Å². The van der Waals surface area contributed by atoms with Crippen molar-refractivity contribution in [1.29, 1.82) is 0 Å². The van der Waals surface area contributed by atoms with Crippen molar-refractivity contribution in [2.24, 2.45) is 0 Å². The smallest absolute Gasteiger partial charge is 0.201 e. The van der Waals surface area contributed by atoms with Crippen molar-refractivity contribution in [1.82, 2.24) is 9.55 Å². The molecule has 1 heterocycles. The van der Waals surface area contributed by atoms with E-state index in [2.05, 4.69) is 21.9 Å². The van der Waals surface area contributed by atoms with Crippen LogP contribution in [-0.2, 0) is 0 Å². The highest BCUT2D eigenvalue weighted by atomic mass is 32.2. The van der Waals surface area contributed by atoms with E-state index < -0.39 is 0 Å². The average Bonchev–Trinajstić information content (AvgIpc) is 2.83. The molecular formula is C15H21N3OS. The SMILES string of the molecule is COc1cccc2c1nc(N)n2C1CCCC(SC)C1. The minimum atomic E-state index is 0.457. The molecule has 1 aliphatic rings. The van der Waals surface area contributed by atoms with Crippen LogP contribution in [0, 0.1) is 0 Å². The van der Waals surface area contributed by atoms with Gasteiger partial charge >= 0.3 is 0 Å². The Kier molecular flexibility index (Phi) is 3.78. The van der Waals surface area contributed by atoms with Gasteiger partial charge in [-0.15, -0.1) is 0 Å². The van der Waals surface area contributed by atoms with Crippen LogP contribution in [0.15, 0.2) is 18.2 Å². The fourth-order valence-corrected chi connectivity index (χ4v) is 4.04. The van der Waals surface area contributed by atoms with Gasteiger partial charge in [-0.1, -0.05) is 12.5 Å². The van der Waals surface area contributed by atoms with Crippen LogP contribution in [0.4, 0.5) is 5.95 Å². The van der Waals surface area contributed by atoms with Gasteiger partial charge in [0.1, 0.15) is 11.3 Å². The molecule has 5 heteroatoms. The predicted molar refractivity (Wildman–Crippen MR) is 85.5 cm³/mol. The number of rotatable bonds is 3.